The van der Waals surface area contributed by atoms with Gasteiger partial charge in [0.25, 0.3) is 5.91 Å². The molecular formula is C46H71N5O17. The lowest BCUT2D eigenvalue weighted by atomic mass is 9.76. The lowest BCUT2D eigenvalue weighted by Gasteiger charge is -2.49. The zero-order chi connectivity index (χ0) is 49.0. The summed E-state index contributed by atoms with van der Waals surface area (Å²) in [6.07, 6.45) is -16.4. The lowest BCUT2D eigenvalue weighted by molar-refractivity contribution is -0.340. The molecule has 0 spiro atoms. The molecule has 1 aliphatic carbocycles. The van der Waals surface area contributed by atoms with Crippen LogP contribution in [0.3, 0.4) is 0 Å². The average molecular weight is 966 g/mol. The normalized spacial score (nSPS) is 39.2. The highest BCUT2D eigenvalue weighted by Crippen LogP contribution is 2.41. The summed E-state index contributed by atoms with van der Waals surface area (Å²) in [4.78, 5) is 28.1. The standard InChI is InChI=1S/C46H71N5O17/c1-6-10-29(43(61)50-13-9-14-50)64-42-33(47-24(5)54)44(66-32(20-53)37(42)57)65-30-17-25(16-26(7-2)41(30)68-46-40(60)39(59)35(55)23(4)63-46)21-62-45-38(58)34(36(56)31(19-52)67-45)51-18-28(48-49-51)27-12-8-11-22(3)15-27/h8,11-12,15,18,23,25-26,29-42,44-46,52-53,55-60H,6-7,9-10,13-14,16-17,19-21H2,1-5H3,(H,47,54)/t23?,25?,26?,29-,30+,31?,32-,33?,34?,35+,36+,37-,38?,39-,40?,41+,42?,44+,45-,46-/m0/s1. The van der Waals surface area contributed by atoms with E-state index >= 15 is 0 Å². The molecule has 9 unspecified atom stereocenters. The Hall–Kier alpha value is -3.30. The van der Waals surface area contributed by atoms with Crippen LogP contribution in [0.25, 0.3) is 11.3 Å². The van der Waals surface area contributed by atoms with Gasteiger partial charge < -0.3 is 84.2 Å². The Bertz CT molecular complexity index is 1950. The number of aliphatic hydroxyl groups is 8. The number of carbonyl (C=O) groups is 2. The van der Waals surface area contributed by atoms with E-state index < -0.39 is 129 Å². The van der Waals surface area contributed by atoms with Crippen molar-refractivity contribution in [3.8, 4) is 11.3 Å². The maximum atomic E-state index is 13.6. The van der Waals surface area contributed by atoms with E-state index in [1.54, 1.807) is 11.1 Å². The number of aliphatic hydroxyl groups excluding tert-OH is 8. The predicted octanol–water partition coefficient (Wildman–Crippen LogP) is -1.35. The Kier molecular flexibility index (Phi) is 18.0. The van der Waals surface area contributed by atoms with Crippen molar-refractivity contribution < 1.29 is 83.6 Å². The Morgan fingerprint density at radius 1 is 0.868 bits per heavy atom. The highest BCUT2D eigenvalue weighted by molar-refractivity contribution is 5.81. The largest absolute Gasteiger partial charge is 0.394 e. The van der Waals surface area contributed by atoms with Crippen LogP contribution in [0, 0.1) is 18.8 Å². The van der Waals surface area contributed by atoms with Gasteiger partial charge >= 0.3 is 0 Å². The number of rotatable bonds is 18. The maximum absolute atomic E-state index is 13.6. The van der Waals surface area contributed by atoms with Crippen molar-refractivity contribution in [1.29, 1.82) is 0 Å². The van der Waals surface area contributed by atoms with Crippen LogP contribution >= 0.6 is 0 Å². The van der Waals surface area contributed by atoms with Crippen LogP contribution in [0.5, 0.6) is 0 Å². The molecular weight excluding hydrogens is 895 g/mol. The molecule has 1 aromatic carbocycles. The number of benzene rings is 1. The van der Waals surface area contributed by atoms with Gasteiger partial charge in [-0.25, -0.2) is 4.68 Å². The summed E-state index contributed by atoms with van der Waals surface area (Å²) in [5.41, 5.74) is 2.28. The third kappa shape index (κ3) is 11.6. The van der Waals surface area contributed by atoms with E-state index in [1.165, 1.54) is 18.5 Å². The zero-order valence-corrected chi connectivity index (χ0v) is 39.3. The predicted molar refractivity (Wildman–Crippen MR) is 236 cm³/mol. The van der Waals surface area contributed by atoms with Gasteiger partial charge in [-0.05, 0) is 57.4 Å². The van der Waals surface area contributed by atoms with Gasteiger partial charge in [-0.3, -0.25) is 9.59 Å². The first-order valence-electron chi connectivity index (χ1n) is 24.0. The first kappa shape index (κ1) is 52.5. The van der Waals surface area contributed by atoms with Crippen molar-refractivity contribution in [3.63, 3.8) is 0 Å². The SMILES string of the molecule is CCC[C@H](OC1C(NC(C)=O)[C@H](O[C@@H]2CC(CO[C@H]3OC(CO)[C@@H](O)C(n4cc(-c5cccc(C)c5)nn4)C3O)CC(CC)[C@H]2O[C@@H]2OC(C)[C@@H](O)[C@H](O)C2O)O[C@@H](CO)[C@@H]1O)C(=O)N1CCC1. The van der Waals surface area contributed by atoms with Crippen molar-refractivity contribution in [2.24, 2.45) is 11.8 Å². The van der Waals surface area contributed by atoms with Gasteiger partial charge in [0.1, 0.15) is 78.8 Å². The maximum Gasteiger partial charge on any atom is 0.251 e. The summed E-state index contributed by atoms with van der Waals surface area (Å²) in [6.45, 7) is 8.33. The van der Waals surface area contributed by atoms with Gasteiger partial charge in [0, 0.05) is 25.6 Å². The van der Waals surface area contributed by atoms with Crippen molar-refractivity contribution in [2.75, 3.05) is 32.9 Å². The van der Waals surface area contributed by atoms with Crippen LogP contribution in [0.2, 0.25) is 0 Å². The summed E-state index contributed by atoms with van der Waals surface area (Å²) >= 11 is 0. The number of amides is 2. The number of likely N-dealkylation sites (tertiary alicyclic amines) is 1. The van der Waals surface area contributed by atoms with Crippen LogP contribution in [-0.2, 0) is 42.7 Å². The second-order valence-electron chi connectivity index (χ2n) is 18.9. The molecule has 5 heterocycles. The summed E-state index contributed by atoms with van der Waals surface area (Å²) in [5.74, 6) is -1.54. The minimum atomic E-state index is -1.66. The van der Waals surface area contributed by atoms with E-state index in [1.807, 2.05) is 45.0 Å². The molecule has 0 radical (unpaired) electrons. The smallest absolute Gasteiger partial charge is 0.251 e. The van der Waals surface area contributed by atoms with Gasteiger partial charge in [-0.15, -0.1) is 5.10 Å². The second-order valence-corrected chi connectivity index (χ2v) is 18.9. The monoisotopic (exact) mass is 965 g/mol. The molecule has 22 nitrogen and oxygen atoms in total. The van der Waals surface area contributed by atoms with Gasteiger partial charge in [0.2, 0.25) is 5.91 Å². The van der Waals surface area contributed by atoms with E-state index in [0.717, 1.165) is 17.5 Å². The van der Waals surface area contributed by atoms with Crippen LogP contribution in [0.1, 0.15) is 77.8 Å². The molecule has 1 aromatic heterocycles. The number of nitrogens with zero attached hydrogens (tertiary/aromatic N) is 4. The fourth-order valence-corrected chi connectivity index (χ4v) is 10.0. The molecule has 2 aromatic rings. The van der Waals surface area contributed by atoms with Crippen molar-refractivity contribution in [2.45, 2.75) is 183 Å². The molecule has 68 heavy (non-hydrogen) atoms. The minimum Gasteiger partial charge on any atom is -0.394 e. The summed E-state index contributed by atoms with van der Waals surface area (Å²) in [5, 5.41) is 99.0. The summed E-state index contributed by atoms with van der Waals surface area (Å²) < 4.78 is 45.5. The first-order chi connectivity index (χ1) is 32.6. The molecule has 4 saturated heterocycles. The van der Waals surface area contributed by atoms with Gasteiger partial charge in [0.05, 0.1) is 44.3 Å². The van der Waals surface area contributed by atoms with Gasteiger partial charge in [0.15, 0.2) is 18.9 Å². The van der Waals surface area contributed by atoms with Crippen molar-refractivity contribution in [3.05, 3.63) is 36.0 Å². The van der Waals surface area contributed by atoms with Crippen LogP contribution in [-0.4, -0.2) is 210 Å². The number of hydrogen-bond acceptors (Lipinski definition) is 19. The number of ether oxygens (including phenoxy) is 7. The molecule has 1 saturated carbocycles. The highest BCUT2D eigenvalue weighted by Gasteiger charge is 2.53. The molecule has 5 fully saturated rings. The number of hydrogen-bond donors (Lipinski definition) is 9. The lowest BCUT2D eigenvalue weighted by Crippen LogP contribution is -2.67. The molecule has 2 amide bonds. The van der Waals surface area contributed by atoms with Crippen LogP contribution < -0.4 is 5.32 Å². The Labute approximate surface area is 395 Å². The Morgan fingerprint density at radius 3 is 2.24 bits per heavy atom. The van der Waals surface area contributed by atoms with E-state index in [9.17, 15) is 50.4 Å². The zero-order valence-electron chi connectivity index (χ0n) is 39.3. The van der Waals surface area contributed by atoms with E-state index in [0.29, 0.717) is 44.5 Å². The van der Waals surface area contributed by atoms with Crippen molar-refractivity contribution in [1.82, 2.24) is 25.2 Å². The molecule has 382 valence electrons. The quantitative estimate of drug-likeness (QED) is 0.0835. The number of nitrogens with one attached hydrogen (secondary N) is 1. The molecule has 20 atom stereocenters. The fraction of sp³-hybridized carbons (Fsp3) is 0.783. The second kappa shape index (κ2) is 23.3. The van der Waals surface area contributed by atoms with Gasteiger partial charge in [-0.2, -0.15) is 0 Å². The molecule has 5 aliphatic rings. The molecule has 22 heteroatoms. The van der Waals surface area contributed by atoms with E-state index in [2.05, 4.69) is 15.6 Å². The fourth-order valence-electron chi connectivity index (χ4n) is 10.0. The first-order valence-corrected chi connectivity index (χ1v) is 24.0. The summed E-state index contributed by atoms with van der Waals surface area (Å²) in [6, 6.07) is 5.25. The molecule has 7 rings (SSSR count). The van der Waals surface area contributed by atoms with Crippen LogP contribution in [0.15, 0.2) is 30.5 Å². The van der Waals surface area contributed by atoms with Crippen molar-refractivity contribution >= 4 is 11.8 Å². The number of carbonyl (C=O) groups excluding carboxylic acids is 2. The minimum absolute atomic E-state index is 0.0517. The Balaban J connectivity index is 1.15. The molecule has 0 bridgehead atoms. The topological polar surface area (TPSA) is 307 Å². The molecule has 9 N–H and O–H groups in total. The average Bonchev–Trinajstić information content (AvgIpc) is 3.78. The van der Waals surface area contributed by atoms with Crippen LogP contribution in [0.4, 0.5) is 0 Å². The highest BCUT2D eigenvalue weighted by atomic mass is 16.7. The third-order valence-electron chi connectivity index (χ3n) is 14.0. The third-order valence-corrected chi connectivity index (χ3v) is 14.0. The van der Waals surface area contributed by atoms with E-state index in [4.69, 9.17) is 33.2 Å². The number of aryl methyl sites for hydroxylation is 1. The van der Waals surface area contributed by atoms with Gasteiger partial charge in [-0.1, -0.05) is 55.7 Å². The number of aromatic nitrogens is 3. The van der Waals surface area contributed by atoms with E-state index in [-0.39, 0.29) is 30.8 Å². The Morgan fingerprint density at radius 2 is 1.59 bits per heavy atom. The molecule has 4 aliphatic heterocycles. The summed E-state index contributed by atoms with van der Waals surface area (Å²) in [7, 11) is 0.